The van der Waals surface area contributed by atoms with E-state index in [0.717, 1.165) is 24.5 Å². The summed E-state index contributed by atoms with van der Waals surface area (Å²) in [6, 6.07) is 0. The van der Waals surface area contributed by atoms with Crippen LogP contribution in [0.2, 0.25) is 0 Å². The Labute approximate surface area is 93.5 Å². The predicted molar refractivity (Wildman–Crippen MR) is 57.9 cm³/mol. The molecule has 0 fully saturated rings. The predicted octanol–water partition coefficient (Wildman–Crippen LogP) is -0.105. The first-order valence-electron chi connectivity index (χ1n) is 5.28. The minimum atomic E-state index is 0.662. The van der Waals surface area contributed by atoms with Crippen molar-refractivity contribution < 1.29 is 0 Å². The van der Waals surface area contributed by atoms with E-state index >= 15 is 0 Å². The van der Waals surface area contributed by atoms with Gasteiger partial charge in [-0.25, -0.2) is 0 Å². The Morgan fingerprint density at radius 1 is 1.44 bits per heavy atom. The van der Waals surface area contributed by atoms with Crippen LogP contribution in [0.25, 0.3) is 5.69 Å². The third-order valence-electron chi connectivity index (χ3n) is 2.18. The zero-order chi connectivity index (χ0) is 11.4. The Morgan fingerprint density at radius 2 is 2.31 bits per heavy atom. The zero-order valence-electron chi connectivity index (χ0n) is 9.46. The molecule has 0 aromatic carbocycles. The molecule has 2 rings (SSSR count). The molecule has 0 aliphatic rings. The Hall–Kier alpha value is -1.76. The van der Waals surface area contributed by atoms with E-state index in [4.69, 9.17) is 0 Å². The molecule has 7 nitrogen and oxygen atoms in total. The summed E-state index contributed by atoms with van der Waals surface area (Å²) in [5.74, 6) is 0.793. The summed E-state index contributed by atoms with van der Waals surface area (Å²) in [7, 11) is 1.86. The largest absolute Gasteiger partial charge is 0.310 e. The van der Waals surface area contributed by atoms with Crippen LogP contribution in [0.4, 0.5) is 0 Å². The van der Waals surface area contributed by atoms with Crippen molar-refractivity contribution in [3.63, 3.8) is 0 Å². The maximum Gasteiger partial charge on any atom is 0.170 e. The molecule has 0 aliphatic heterocycles. The molecule has 16 heavy (non-hydrogen) atoms. The van der Waals surface area contributed by atoms with Crippen LogP contribution in [-0.2, 0) is 13.6 Å². The average molecular weight is 221 g/mol. The fourth-order valence-electron chi connectivity index (χ4n) is 1.41. The molecule has 0 atom stereocenters. The topological polar surface area (TPSA) is 73.5 Å². The molecule has 0 amide bonds. The van der Waals surface area contributed by atoms with Gasteiger partial charge in [-0.3, -0.25) is 4.68 Å². The maximum absolute atomic E-state index is 4.09. The van der Waals surface area contributed by atoms with E-state index < -0.39 is 0 Å². The molecule has 0 saturated heterocycles. The van der Waals surface area contributed by atoms with Crippen molar-refractivity contribution in [2.24, 2.45) is 7.05 Å². The van der Waals surface area contributed by atoms with Crippen LogP contribution < -0.4 is 5.32 Å². The van der Waals surface area contributed by atoms with Crippen LogP contribution in [0.5, 0.6) is 0 Å². The smallest absolute Gasteiger partial charge is 0.170 e. The van der Waals surface area contributed by atoms with Crippen molar-refractivity contribution in [3.8, 4) is 5.69 Å². The molecule has 86 valence electrons. The molecule has 0 aliphatic carbocycles. The lowest BCUT2D eigenvalue weighted by Crippen LogP contribution is -2.17. The lowest BCUT2D eigenvalue weighted by molar-refractivity contribution is 0.632. The average Bonchev–Trinajstić information content (AvgIpc) is 2.87. The lowest BCUT2D eigenvalue weighted by atomic mass is 10.4. The van der Waals surface area contributed by atoms with Gasteiger partial charge in [-0.1, -0.05) is 6.92 Å². The second-order valence-electron chi connectivity index (χ2n) is 3.56. The Morgan fingerprint density at radius 3 is 3.00 bits per heavy atom. The monoisotopic (exact) mass is 221 g/mol. The van der Waals surface area contributed by atoms with E-state index in [1.54, 1.807) is 15.6 Å². The van der Waals surface area contributed by atoms with Gasteiger partial charge in [0.2, 0.25) is 0 Å². The van der Waals surface area contributed by atoms with Crippen LogP contribution in [0, 0.1) is 0 Å². The summed E-state index contributed by atoms with van der Waals surface area (Å²) >= 11 is 0. The second kappa shape index (κ2) is 4.84. The number of nitrogens with one attached hydrogen (secondary N) is 1. The maximum atomic E-state index is 4.09. The summed E-state index contributed by atoms with van der Waals surface area (Å²) in [5, 5.41) is 18.9. The molecule has 2 aromatic heterocycles. The van der Waals surface area contributed by atoms with E-state index in [9.17, 15) is 0 Å². The van der Waals surface area contributed by atoms with Crippen molar-refractivity contribution in [2.75, 3.05) is 6.54 Å². The quantitative estimate of drug-likeness (QED) is 0.713. The van der Waals surface area contributed by atoms with Gasteiger partial charge in [0.15, 0.2) is 5.82 Å². The summed E-state index contributed by atoms with van der Waals surface area (Å²) in [6.07, 6.45) is 4.70. The highest BCUT2D eigenvalue weighted by molar-refractivity contribution is 5.24. The Kier molecular flexibility index (Phi) is 3.25. The summed E-state index contributed by atoms with van der Waals surface area (Å²) in [6.45, 7) is 3.74. The van der Waals surface area contributed by atoms with Gasteiger partial charge in [0.05, 0.1) is 18.9 Å². The molecular formula is C9H15N7. The zero-order valence-corrected chi connectivity index (χ0v) is 9.46. The van der Waals surface area contributed by atoms with Crippen LogP contribution >= 0.6 is 0 Å². The Balaban J connectivity index is 2.12. The molecule has 2 heterocycles. The molecule has 0 saturated carbocycles. The van der Waals surface area contributed by atoms with E-state index in [0.29, 0.717) is 6.54 Å². The Bertz CT molecular complexity index is 444. The molecular weight excluding hydrogens is 206 g/mol. The van der Waals surface area contributed by atoms with Gasteiger partial charge in [0.1, 0.15) is 5.69 Å². The SMILES string of the molecule is CCCNCc1nnnn1-c1cnn(C)c1. The first-order valence-corrected chi connectivity index (χ1v) is 5.28. The van der Waals surface area contributed by atoms with Crippen molar-refractivity contribution in [1.82, 2.24) is 35.3 Å². The van der Waals surface area contributed by atoms with Gasteiger partial charge >= 0.3 is 0 Å². The minimum absolute atomic E-state index is 0.662. The number of rotatable bonds is 5. The third kappa shape index (κ3) is 2.25. The normalized spacial score (nSPS) is 10.9. The third-order valence-corrected chi connectivity index (χ3v) is 2.18. The van der Waals surface area contributed by atoms with Gasteiger partial charge < -0.3 is 5.32 Å². The number of aryl methyl sites for hydroxylation is 1. The van der Waals surface area contributed by atoms with Gasteiger partial charge in [0.25, 0.3) is 0 Å². The standard InChI is InChI=1S/C9H15N7/c1-3-4-10-6-9-12-13-14-16(9)8-5-11-15(2)7-8/h5,7,10H,3-4,6H2,1-2H3. The molecule has 1 N–H and O–H groups in total. The highest BCUT2D eigenvalue weighted by Crippen LogP contribution is 2.05. The fraction of sp³-hybridized carbons (Fsp3) is 0.556. The van der Waals surface area contributed by atoms with Crippen molar-refractivity contribution in [3.05, 3.63) is 18.2 Å². The molecule has 2 aromatic rings. The van der Waals surface area contributed by atoms with Crippen LogP contribution in [0.1, 0.15) is 19.2 Å². The number of nitrogens with zero attached hydrogens (tertiary/aromatic N) is 6. The van der Waals surface area contributed by atoms with Crippen LogP contribution in [0.15, 0.2) is 12.4 Å². The van der Waals surface area contributed by atoms with E-state index in [1.165, 1.54) is 0 Å². The summed E-state index contributed by atoms with van der Waals surface area (Å²) in [4.78, 5) is 0. The highest BCUT2D eigenvalue weighted by Gasteiger charge is 2.08. The summed E-state index contributed by atoms with van der Waals surface area (Å²) in [5.41, 5.74) is 0.876. The molecule has 0 spiro atoms. The van der Waals surface area contributed by atoms with Gasteiger partial charge in [0, 0.05) is 7.05 Å². The van der Waals surface area contributed by atoms with E-state index in [-0.39, 0.29) is 0 Å². The molecule has 7 heteroatoms. The lowest BCUT2D eigenvalue weighted by Gasteiger charge is -2.02. The van der Waals surface area contributed by atoms with Crippen molar-refractivity contribution >= 4 is 0 Å². The fourth-order valence-corrected chi connectivity index (χ4v) is 1.41. The van der Waals surface area contributed by atoms with Crippen molar-refractivity contribution in [1.29, 1.82) is 0 Å². The van der Waals surface area contributed by atoms with Gasteiger partial charge in [-0.05, 0) is 23.4 Å². The summed E-state index contributed by atoms with van der Waals surface area (Å²) < 4.78 is 3.41. The molecule has 0 bridgehead atoms. The minimum Gasteiger partial charge on any atom is -0.310 e. The molecule has 0 unspecified atom stereocenters. The highest BCUT2D eigenvalue weighted by atomic mass is 15.6. The number of hydrogen-bond donors (Lipinski definition) is 1. The van der Waals surface area contributed by atoms with Gasteiger partial charge in [-0.15, -0.1) is 5.10 Å². The van der Waals surface area contributed by atoms with Crippen LogP contribution in [0.3, 0.4) is 0 Å². The molecule has 0 radical (unpaired) electrons. The number of aromatic nitrogens is 6. The van der Waals surface area contributed by atoms with Gasteiger partial charge in [-0.2, -0.15) is 9.78 Å². The first kappa shape index (κ1) is 10.7. The van der Waals surface area contributed by atoms with E-state index in [2.05, 4.69) is 32.9 Å². The van der Waals surface area contributed by atoms with Crippen molar-refractivity contribution in [2.45, 2.75) is 19.9 Å². The van der Waals surface area contributed by atoms with E-state index in [1.807, 2.05) is 13.2 Å². The second-order valence-corrected chi connectivity index (χ2v) is 3.56. The number of tetrazole rings is 1. The number of hydrogen-bond acceptors (Lipinski definition) is 5. The first-order chi connectivity index (χ1) is 7.81. The van der Waals surface area contributed by atoms with Crippen LogP contribution in [-0.4, -0.2) is 36.5 Å².